The molecule has 27 heavy (non-hydrogen) atoms. The molecular formula is C22H25ClN2O2. The van der Waals surface area contributed by atoms with E-state index < -0.39 is 0 Å². The number of benzene rings is 2. The first kappa shape index (κ1) is 18.3. The van der Waals surface area contributed by atoms with Crippen molar-refractivity contribution in [2.75, 3.05) is 13.6 Å². The van der Waals surface area contributed by atoms with Crippen LogP contribution in [-0.4, -0.2) is 30.4 Å². The first-order chi connectivity index (χ1) is 13.1. The van der Waals surface area contributed by atoms with Gasteiger partial charge in [0.25, 0.3) is 0 Å². The van der Waals surface area contributed by atoms with Crippen LogP contribution in [0.15, 0.2) is 48.5 Å². The van der Waals surface area contributed by atoms with Gasteiger partial charge in [0.15, 0.2) is 0 Å². The number of nitrogens with one attached hydrogen (secondary N) is 1. The lowest BCUT2D eigenvalue weighted by atomic mass is 9.89. The minimum absolute atomic E-state index is 0.214. The van der Waals surface area contributed by atoms with Crippen LogP contribution in [0.25, 0.3) is 0 Å². The van der Waals surface area contributed by atoms with E-state index in [2.05, 4.69) is 29.4 Å². The summed E-state index contributed by atoms with van der Waals surface area (Å²) in [5.74, 6) is 3.01. The average Bonchev–Trinajstić information content (AvgIpc) is 3.07. The van der Waals surface area contributed by atoms with Crippen LogP contribution < -0.4 is 10.1 Å². The molecule has 1 aliphatic carbocycles. The van der Waals surface area contributed by atoms with Crippen molar-refractivity contribution in [2.45, 2.75) is 31.8 Å². The van der Waals surface area contributed by atoms with Gasteiger partial charge in [-0.3, -0.25) is 9.69 Å². The second kappa shape index (κ2) is 7.91. The van der Waals surface area contributed by atoms with Gasteiger partial charge in [-0.25, -0.2) is 0 Å². The monoisotopic (exact) mass is 384 g/mol. The summed E-state index contributed by atoms with van der Waals surface area (Å²) in [4.78, 5) is 14.1. The van der Waals surface area contributed by atoms with Gasteiger partial charge < -0.3 is 10.1 Å². The van der Waals surface area contributed by atoms with Crippen LogP contribution in [0.5, 0.6) is 11.5 Å². The molecule has 0 unspecified atom stereocenters. The van der Waals surface area contributed by atoms with Gasteiger partial charge in [-0.2, -0.15) is 0 Å². The fourth-order valence-corrected chi connectivity index (χ4v) is 4.48. The van der Waals surface area contributed by atoms with E-state index in [1.807, 2.05) is 36.4 Å². The Morgan fingerprint density at radius 2 is 1.89 bits per heavy atom. The number of carbonyl (C=O) groups excluding carboxylic acids is 1. The van der Waals surface area contributed by atoms with E-state index in [9.17, 15) is 4.79 Å². The summed E-state index contributed by atoms with van der Waals surface area (Å²) < 4.78 is 5.95. The number of halogens is 1. The highest BCUT2D eigenvalue weighted by Gasteiger charge is 2.39. The number of ether oxygens (including phenoxy) is 1. The SMILES string of the molecule is CN(Cc1cccc(Oc2ccc(Cl)cc2)c1)[C@H]1C[C@H]2CNC(=O)C[C@H]2C1. The van der Waals surface area contributed by atoms with Gasteiger partial charge in [0.05, 0.1) is 0 Å². The largest absolute Gasteiger partial charge is 0.457 e. The second-order valence-corrected chi connectivity index (χ2v) is 8.21. The highest BCUT2D eigenvalue weighted by atomic mass is 35.5. The predicted octanol–water partition coefficient (Wildman–Crippen LogP) is 4.48. The van der Waals surface area contributed by atoms with Gasteiger partial charge in [-0.15, -0.1) is 0 Å². The third kappa shape index (κ3) is 4.45. The van der Waals surface area contributed by atoms with Crippen molar-refractivity contribution in [2.24, 2.45) is 11.8 Å². The molecule has 0 spiro atoms. The van der Waals surface area contributed by atoms with E-state index >= 15 is 0 Å². The van der Waals surface area contributed by atoms with Crippen LogP contribution in [0.2, 0.25) is 5.02 Å². The maximum Gasteiger partial charge on any atom is 0.220 e. The zero-order valence-electron chi connectivity index (χ0n) is 15.5. The number of piperidine rings is 1. The fraction of sp³-hybridized carbons (Fsp3) is 0.409. The lowest BCUT2D eigenvalue weighted by Gasteiger charge is -2.24. The fourth-order valence-electron chi connectivity index (χ4n) is 4.36. The van der Waals surface area contributed by atoms with E-state index in [-0.39, 0.29) is 5.91 Å². The highest BCUT2D eigenvalue weighted by molar-refractivity contribution is 6.30. The summed E-state index contributed by atoms with van der Waals surface area (Å²) in [5, 5.41) is 3.72. The van der Waals surface area contributed by atoms with Gasteiger partial charge in [0, 0.05) is 30.6 Å². The molecule has 0 aromatic heterocycles. The molecular weight excluding hydrogens is 360 g/mol. The van der Waals surface area contributed by atoms with E-state index in [4.69, 9.17) is 16.3 Å². The minimum Gasteiger partial charge on any atom is -0.457 e. The van der Waals surface area contributed by atoms with Gasteiger partial charge in [-0.05, 0) is 73.7 Å². The molecule has 142 valence electrons. The maximum atomic E-state index is 11.6. The molecule has 5 heteroatoms. The van der Waals surface area contributed by atoms with Gasteiger partial charge in [-0.1, -0.05) is 23.7 Å². The van der Waals surface area contributed by atoms with Crippen LogP contribution in [0, 0.1) is 11.8 Å². The first-order valence-electron chi connectivity index (χ1n) is 9.56. The Kier molecular flexibility index (Phi) is 5.37. The van der Waals surface area contributed by atoms with Crippen LogP contribution in [0.3, 0.4) is 0 Å². The third-order valence-electron chi connectivity index (χ3n) is 5.83. The van der Waals surface area contributed by atoms with E-state index in [0.717, 1.165) is 31.0 Å². The second-order valence-electron chi connectivity index (χ2n) is 7.77. The molecule has 1 aliphatic heterocycles. The molecule has 2 aromatic carbocycles. The molecule has 1 amide bonds. The van der Waals surface area contributed by atoms with E-state index in [1.54, 1.807) is 0 Å². The molecule has 1 saturated carbocycles. The van der Waals surface area contributed by atoms with Crippen molar-refractivity contribution in [3.05, 3.63) is 59.1 Å². The van der Waals surface area contributed by atoms with Crippen molar-refractivity contribution >= 4 is 17.5 Å². The zero-order chi connectivity index (χ0) is 18.8. The molecule has 0 radical (unpaired) electrons. The summed E-state index contributed by atoms with van der Waals surface area (Å²) in [6.07, 6.45) is 2.98. The topological polar surface area (TPSA) is 41.6 Å². The Bertz CT molecular complexity index is 808. The van der Waals surface area contributed by atoms with Crippen molar-refractivity contribution in [3.8, 4) is 11.5 Å². The number of fused-ring (bicyclic) bond motifs is 1. The maximum absolute atomic E-state index is 11.6. The Morgan fingerprint density at radius 3 is 2.70 bits per heavy atom. The van der Waals surface area contributed by atoms with Crippen LogP contribution in [-0.2, 0) is 11.3 Å². The molecule has 1 N–H and O–H groups in total. The Morgan fingerprint density at radius 1 is 1.11 bits per heavy atom. The Hall–Kier alpha value is -2.04. The Labute approximate surface area is 165 Å². The molecule has 3 atom stereocenters. The zero-order valence-corrected chi connectivity index (χ0v) is 16.3. The minimum atomic E-state index is 0.214. The normalized spacial score (nSPS) is 24.6. The summed E-state index contributed by atoms with van der Waals surface area (Å²) in [6.45, 7) is 1.72. The van der Waals surface area contributed by atoms with Gasteiger partial charge in [0.1, 0.15) is 11.5 Å². The number of amides is 1. The molecule has 2 fully saturated rings. The number of carbonyl (C=O) groups is 1. The van der Waals surface area contributed by atoms with E-state index in [1.165, 1.54) is 12.0 Å². The van der Waals surface area contributed by atoms with Crippen molar-refractivity contribution in [1.82, 2.24) is 10.2 Å². The number of nitrogens with zero attached hydrogens (tertiary/aromatic N) is 1. The molecule has 2 aliphatic rings. The van der Waals surface area contributed by atoms with Gasteiger partial charge in [0.2, 0.25) is 5.91 Å². The van der Waals surface area contributed by atoms with E-state index in [0.29, 0.717) is 29.3 Å². The van der Waals surface area contributed by atoms with Crippen LogP contribution >= 0.6 is 11.6 Å². The summed E-state index contributed by atoms with van der Waals surface area (Å²) >= 11 is 5.93. The molecule has 4 rings (SSSR count). The summed E-state index contributed by atoms with van der Waals surface area (Å²) in [6, 6.07) is 16.2. The lowest BCUT2D eigenvalue weighted by Crippen LogP contribution is -2.38. The molecule has 1 saturated heterocycles. The molecule has 4 nitrogen and oxygen atoms in total. The third-order valence-corrected chi connectivity index (χ3v) is 6.08. The Balaban J connectivity index is 1.38. The van der Waals surface area contributed by atoms with Crippen molar-refractivity contribution < 1.29 is 9.53 Å². The highest BCUT2D eigenvalue weighted by Crippen LogP contribution is 2.38. The van der Waals surface area contributed by atoms with Crippen LogP contribution in [0.1, 0.15) is 24.8 Å². The number of hydrogen-bond donors (Lipinski definition) is 1. The average molecular weight is 385 g/mol. The van der Waals surface area contributed by atoms with Crippen LogP contribution in [0.4, 0.5) is 0 Å². The summed E-state index contributed by atoms with van der Waals surface area (Å²) in [5.41, 5.74) is 1.23. The van der Waals surface area contributed by atoms with Crippen molar-refractivity contribution in [1.29, 1.82) is 0 Å². The molecule has 0 bridgehead atoms. The first-order valence-corrected chi connectivity index (χ1v) is 9.94. The quantitative estimate of drug-likeness (QED) is 0.826. The summed E-state index contributed by atoms with van der Waals surface area (Å²) in [7, 11) is 2.18. The number of rotatable bonds is 5. The smallest absolute Gasteiger partial charge is 0.220 e. The number of hydrogen-bond acceptors (Lipinski definition) is 3. The lowest BCUT2D eigenvalue weighted by molar-refractivity contribution is -0.124. The van der Waals surface area contributed by atoms with Crippen molar-refractivity contribution in [3.63, 3.8) is 0 Å². The standard InChI is InChI=1S/C22H25ClN2O2/c1-25(19-10-16-12-22(26)24-13-17(16)11-19)14-15-3-2-4-21(9-15)27-20-7-5-18(23)6-8-20/h2-9,16-17,19H,10-14H2,1H3,(H,24,26)/t16-,17+,19-/m1/s1. The predicted molar refractivity (Wildman–Crippen MR) is 107 cm³/mol. The molecule has 1 heterocycles. The van der Waals surface area contributed by atoms with Gasteiger partial charge >= 0.3 is 0 Å². The molecule has 2 aromatic rings.